The van der Waals surface area contributed by atoms with Crippen LogP contribution in [0.15, 0.2) is 35.0 Å². The third-order valence-electron chi connectivity index (χ3n) is 2.61. The van der Waals surface area contributed by atoms with E-state index in [1.54, 1.807) is 22.7 Å². The van der Waals surface area contributed by atoms with Gasteiger partial charge in [0.05, 0.1) is 6.61 Å². The number of rotatable bonds is 4. The fraction of sp³-hybridized carbons (Fsp3) is 0.333. The van der Waals surface area contributed by atoms with Crippen LogP contribution in [0, 0.1) is 0 Å². The van der Waals surface area contributed by atoms with Crippen molar-refractivity contribution in [2.24, 2.45) is 0 Å². The zero-order valence-corrected chi connectivity index (χ0v) is 10.3. The van der Waals surface area contributed by atoms with Gasteiger partial charge in [0.1, 0.15) is 0 Å². The number of hydrogen-bond donors (Lipinski definition) is 1. The first kappa shape index (κ1) is 10.9. The highest BCUT2D eigenvalue weighted by molar-refractivity contribution is 7.10. The minimum Gasteiger partial charge on any atom is -0.395 e. The van der Waals surface area contributed by atoms with E-state index in [1.165, 1.54) is 9.75 Å². The second kappa shape index (κ2) is 4.47. The highest BCUT2D eigenvalue weighted by atomic mass is 32.1. The van der Waals surface area contributed by atoms with E-state index in [0.29, 0.717) is 0 Å². The van der Waals surface area contributed by atoms with Crippen LogP contribution in [0.25, 0.3) is 0 Å². The molecule has 0 bridgehead atoms. The highest BCUT2D eigenvalue weighted by Crippen LogP contribution is 2.32. The van der Waals surface area contributed by atoms with Gasteiger partial charge >= 0.3 is 0 Å². The molecular weight excluding hydrogens is 224 g/mol. The first-order chi connectivity index (χ1) is 7.24. The summed E-state index contributed by atoms with van der Waals surface area (Å²) >= 11 is 3.48. The molecule has 0 spiro atoms. The summed E-state index contributed by atoms with van der Waals surface area (Å²) in [6.45, 7) is 2.32. The third-order valence-corrected chi connectivity index (χ3v) is 4.66. The molecule has 0 radical (unpaired) electrons. The molecule has 0 aromatic carbocycles. The molecule has 0 amide bonds. The fourth-order valence-corrected chi connectivity index (χ4v) is 3.41. The molecule has 0 fully saturated rings. The SMILES string of the molecule is CC(CO)(Cc1cccs1)c1cccs1. The minimum absolute atomic E-state index is 0.126. The van der Waals surface area contributed by atoms with Crippen LogP contribution < -0.4 is 0 Å². The Kier molecular flexibility index (Phi) is 3.24. The van der Waals surface area contributed by atoms with Crippen molar-refractivity contribution in [1.29, 1.82) is 0 Å². The van der Waals surface area contributed by atoms with Crippen molar-refractivity contribution in [2.45, 2.75) is 18.8 Å². The van der Waals surface area contributed by atoms with Crippen LogP contribution >= 0.6 is 22.7 Å². The maximum atomic E-state index is 9.57. The first-order valence-corrected chi connectivity index (χ1v) is 6.68. The summed E-state index contributed by atoms with van der Waals surface area (Å²) in [5.41, 5.74) is -0.126. The number of aliphatic hydroxyl groups is 1. The second-order valence-electron chi connectivity index (χ2n) is 3.95. The van der Waals surface area contributed by atoms with Crippen LogP contribution in [0.4, 0.5) is 0 Å². The van der Waals surface area contributed by atoms with E-state index >= 15 is 0 Å². The molecular formula is C12H14OS2. The first-order valence-electron chi connectivity index (χ1n) is 4.92. The summed E-state index contributed by atoms with van der Waals surface area (Å²) < 4.78 is 0. The number of thiophene rings is 2. The molecule has 2 heterocycles. The molecule has 80 valence electrons. The maximum absolute atomic E-state index is 9.57. The molecule has 1 N–H and O–H groups in total. The van der Waals surface area contributed by atoms with Crippen LogP contribution in [0.5, 0.6) is 0 Å². The average Bonchev–Trinajstić information content (AvgIpc) is 2.89. The molecule has 15 heavy (non-hydrogen) atoms. The van der Waals surface area contributed by atoms with Crippen LogP contribution in [0.3, 0.4) is 0 Å². The average molecular weight is 238 g/mol. The van der Waals surface area contributed by atoms with E-state index in [4.69, 9.17) is 0 Å². The zero-order chi connectivity index (χ0) is 10.7. The van der Waals surface area contributed by atoms with Gasteiger partial charge in [-0.25, -0.2) is 0 Å². The Hall–Kier alpha value is -0.640. The largest absolute Gasteiger partial charge is 0.395 e. The predicted molar refractivity (Wildman–Crippen MR) is 66.8 cm³/mol. The highest BCUT2D eigenvalue weighted by Gasteiger charge is 2.27. The lowest BCUT2D eigenvalue weighted by atomic mass is 9.85. The normalized spacial score (nSPS) is 15.1. The van der Waals surface area contributed by atoms with Gasteiger partial charge in [0.2, 0.25) is 0 Å². The van der Waals surface area contributed by atoms with Gasteiger partial charge in [-0.3, -0.25) is 0 Å². The van der Waals surface area contributed by atoms with E-state index in [2.05, 4.69) is 35.9 Å². The molecule has 0 aliphatic heterocycles. The van der Waals surface area contributed by atoms with Gasteiger partial charge in [-0.1, -0.05) is 19.1 Å². The Morgan fingerprint density at radius 1 is 1.20 bits per heavy atom. The maximum Gasteiger partial charge on any atom is 0.0536 e. The van der Waals surface area contributed by atoms with Crippen molar-refractivity contribution in [3.8, 4) is 0 Å². The van der Waals surface area contributed by atoms with Crippen LogP contribution in [0.1, 0.15) is 16.7 Å². The molecule has 1 unspecified atom stereocenters. The lowest BCUT2D eigenvalue weighted by molar-refractivity contribution is 0.208. The van der Waals surface area contributed by atoms with Gasteiger partial charge in [-0.15, -0.1) is 22.7 Å². The van der Waals surface area contributed by atoms with Crippen LogP contribution in [0.2, 0.25) is 0 Å². The Balaban J connectivity index is 2.22. The molecule has 0 saturated heterocycles. The molecule has 2 aromatic heterocycles. The van der Waals surface area contributed by atoms with E-state index in [-0.39, 0.29) is 12.0 Å². The summed E-state index contributed by atoms with van der Waals surface area (Å²) in [6, 6.07) is 8.34. The predicted octanol–water partition coefficient (Wildman–Crippen LogP) is 3.30. The lowest BCUT2D eigenvalue weighted by Gasteiger charge is -2.25. The topological polar surface area (TPSA) is 20.2 Å². The summed E-state index contributed by atoms with van der Waals surface area (Å²) in [5, 5.41) is 13.7. The Bertz CT molecular complexity index is 391. The zero-order valence-electron chi connectivity index (χ0n) is 8.64. The Labute approximate surface area is 98.0 Å². The van der Waals surface area contributed by atoms with Gasteiger partial charge in [-0.2, -0.15) is 0 Å². The molecule has 0 aliphatic rings. The number of hydrogen-bond acceptors (Lipinski definition) is 3. The van der Waals surface area contributed by atoms with Gasteiger partial charge < -0.3 is 5.11 Å². The van der Waals surface area contributed by atoms with Gasteiger partial charge in [-0.05, 0) is 29.3 Å². The standard InChI is InChI=1S/C12H14OS2/c1-12(9-13,11-5-3-7-15-11)8-10-4-2-6-14-10/h2-7,13H,8-9H2,1H3. The van der Waals surface area contributed by atoms with Crippen molar-refractivity contribution >= 4 is 22.7 Å². The van der Waals surface area contributed by atoms with Crippen molar-refractivity contribution in [3.63, 3.8) is 0 Å². The molecule has 0 aliphatic carbocycles. The summed E-state index contributed by atoms with van der Waals surface area (Å²) in [5.74, 6) is 0. The molecule has 1 nitrogen and oxygen atoms in total. The quantitative estimate of drug-likeness (QED) is 0.866. The van der Waals surface area contributed by atoms with Crippen molar-refractivity contribution in [2.75, 3.05) is 6.61 Å². The fourth-order valence-electron chi connectivity index (χ4n) is 1.64. The Morgan fingerprint density at radius 3 is 2.47 bits per heavy atom. The molecule has 1 atom stereocenters. The minimum atomic E-state index is -0.126. The van der Waals surface area contributed by atoms with Crippen LogP contribution in [-0.4, -0.2) is 11.7 Å². The molecule has 0 saturated carbocycles. The van der Waals surface area contributed by atoms with E-state index < -0.39 is 0 Å². The van der Waals surface area contributed by atoms with Gasteiger partial charge in [0, 0.05) is 15.2 Å². The van der Waals surface area contributed by atoms with E-state index in [1.807, 2.05) is 6.07 Å². The molecule has 2 aromatic rings. The summed E-state index contributed by atoms with van der Waals surface area (Å²) in [4.78, 5) is 2.60. The number of aliphatic hydroxyl groups excluding tert-OH is 1. The summed E-state index contributed by atoms with van der Waals surface area (Å²) in [6.07, 6.45) is 0.918. The lowest BCUT2D eigenvalue weighted by Crippen LogP contribution is -2.27. The second-order valence-corrected chi connectivity index (χ2v) is 5.93. The Morgan fingerprint density at radius 2 is 1.93 bits per heavy atom. The third kappa shape index (κ3) is 2.30. The van der Waals surface area contributed by atoms with Gasteiger partial charge in [0.15, 0.2) is 0 Å². The van der Waals surface area contributed by atoms with Crippen LogP contribution in [-0.2, 0) is 11.8 Å². The van der Waals surface area contributed by atoms with Crippen molar-refractivity contribution < 1.29 is 5.11 Å². The molecule has 3 heteroatoms. The smallest absolute Gasteiger partial charge is 0.0536 e. The summed E-state index contributed by atoms with van der Waals surface area (Å²) in [7, 11) is 0. The van der Waals surface area contributed by atoms with Gasteiger partial charge in [0.25, 0.3) is 0 Å². The van der Waals surface area contributed by atoms with Crippen molar-refractivity contribution in [3.05, 3.63) is 44.8 Å². The van der Waals surface area contributed by atoms with E-state index in [0.717, 1.165) is 6.42 Å². The monoisotopic (exact) mass is 238 g/mol. The van der Waals surface area contributed by atoms with Crippen molar-refractivity contribution in [1.82, 2.24) is 0 Å². The molecule has 2 rings (SSSR count). The van der Waals surface area contributed by atoms with E-state index in [9.17, 15) is 5.11 Å².